The van der Waals surface area contributed by atoms with Crippen LogP contribution in [0.5, 0.6) is 17.2 Å². The third-order valence-electron chi connectivity index (χ3n) is 5.38. The highest BCUT2D eigenvalue weighted by molar-refractivity contribution is 5.89. The quantitative estimate of drug-likeness (QED) is 0.632. The summed E-state index contributed by atoms with van der Waals surface area (Å²) in [6.07, 6.45) is 0.932. The molecule has 31 heavy (non-hydrogen) atoms. The van der Waals surface area contributed by atoms with Crippen molar-refractivity contribution in [2.75, 3.05) is 33.9 Å². The fraction of sp³-hybridized carbons (Fsp3) is 0.417. The van der Waals surface area contributed by atoms with E-state index in [0.29, 0.717) is 44.2 Å². The first kappa shape index (κ1) is 22.5. The normalized spacial score (nSPS) is 15.6. The van der Waals surface area contributed by atoms with Gasteiger partial charge < -0.3 is 24.4 Å². The van der Waals surface area contributed by atoms with Crippen LogP contribution < -0.4 is 19.5 Å². The van der Waals surface area contributed by atoms with Gasteiger partial charge in [-0.3, -0.25) is 9.59 Å². The Bertz CT molecular complexity index is 915. The van der Waals surface area contributed by atoms with Crippen LogP contribution in [0.25, 0.3) is 0 Å². The zero-order chi connectivity index (χ0) is 22.2. The number of ether oxygens (including phenoxy) is 3. The van der Waals surface area contributed by atoms with E-state index in [9.17, 15) is 9.59 Å². The van der Waals surface area contributed by atoms with Crippen LogP contribution in [0.1, 0.15) is 24.5 Å². The van der Waals surface area contributed by atoms with Crippen molar-refractivity contribution >= 4 is 11.8 Å². The maximum atomic E-state index is 12.6. The van der Waals surface area contributed by atoms with Gasteiger partial charge in [-0.15, -0.1) is 0 Å². The minimum Gasteiger partial charge on any atom is -0.494 e. The molecule has 7 nitrogen and oxygen atoms in total. The van der Waals surface area contributed by atoms with Crippen LogP contribution in [0.3, 0.4) is 0 Å². The lowest BCUT2D eigenvalue weighted by Crippen LogP contribution is -2.33. The number of nitrogens with zero attached hydrogens (tertiary/aromatic N) is 1. The molecule has 1 fully saturated rings. The van der Waals surface area contributed by atoms with Gasteiger partial charge in [-0.05, 0) is 48.7 Å². The molecule has 3 rings (SSSR count). The molecule has 1 aliphatic heterocycles. The molecule has 1 heterocycles. The minimum atomic E-state index is -0.326. The van der Waals surface area contributed by atoms with Gasteiger partial charge in [-0.25, -0.2) is 0 Å². The van der Waals surface area contributed by atoms with Gasteiger partial charge in [-0.2, -0.15) is 0 Å². The van der Waals surface area contributed by atoms with Gasteiger partial charge in [0, 0.05) is 26.1 Å². The van der Waals surface area contributed by atoms with Crippen molar-refractivity contribution in [1.29, 1.82) is 0 Å². The number of rotatable bonds is 10. The molecule has 1 saturated heterocycles. The second-order valence-electron chi connectivity index (χ2n) is 7.48. The van der Waals surface area contributed by atoms with Crippen LogP contribution in [0.15, 0.2) is 42.5 Å². The Morgan fingerprint density at radius 3 is 2.65 bits per heavy atom. The maximum absolute atomic E-state index is 12.6. The van der Waals surface area contributed by atoms with E-state index in [1.807, 2.05) is 49.4 Å². The van der Waals surface area contributed by atoms with Crippen molar-refractivity contribution in [1.82, 2.24) is 10.2 Å². The highest BCUT2D eigenvalue weighted by Gasteiger charge is 2.33. The number of nitrogens with one attached hydrogen (secondary N) is 1. The lowest BCUT2D eigenvalue weighted by atomic mass is 10.1. The molecule has 1 atom stereocenters. The lowest BCUT2D eigenvalue weighted by molar-refractivity contribution is -0.129. The van der Waals surface area contributed by atoms with Crippen molar-refractivity contribution in [2.24, 2.45) is 5.92 Å². The molecule has 0 spiro atoms. The van der Waals surface area contributed by atoms with Gasteiger partial charge in [0.05, 0.1) is 26.7 Å². The molecule has 0 bridgehead atoms. The standard InChI is InChI=1S/C24H30N2O5/c1-4-31-20-7-5-6-18(12-20)15-25-24(28)19-14-23(27)26(16-19)11-10-17-8-9-21(29-2)22(13-17)30-3/h5-9,12-13,19H,4,10-11,14-16H2,1-3H3,(H,25,28). The number of hydrogen-bond acceptors (Lipinski definition) is 5. The summed E-state index contributed by atoms with van der Waals surface area (Å²) in [7, 11) is 3.20. The number of hydrogen-bond donors (Lipinski definition) is 1. The number of likely N-dealkylation sites (tertiary alicyclic amines) is 1. The number of benzene rings is 2. The molecule has 1 aliphatic rings. The summed E-state index contributed by atoms with van der Waals surface area (Å²) in [5.74, 6) is 1.72. The van der Waals surface area contributed by atoms with Crippen LogP contribution in [-0.2, 0) is 22.6 Å². The summed E-state index contributed by atoms with van der Waals surface area (Å²) in [4.78, 5) is 26.8. The topological polar surface area (TPSA) is 77.1 Å². The lowest BCUT2D eigenvalue weighted by Gasteiger charge is -2.17. The number of methoxy groups -OCH3 is 2. The number of carbonyl (C=O) groups is 2. The predicted octanol–water partition coefficient (Wildman–Crippen LogP) is 2.81. The maximum Gasteiger partial charge on any atom is 0.225 e. The van der Waals surface area contributed by atoms with Gasteiger partial charge in [0.25, 0.3) is 0 Å². The highest BCUT2D eigenvalue weighted by atomic mass is 16.5. The third kappa shape index (κ3) is 5.90. The Hall–Kier alpha value is -3.22. The summed E-state index contributed by atoms with van der Waals surface area (Å²) < 4.78 is 16.1. The molecule has 0 saturated carbocycles. The molecule has 7 heteroatoms. The summed E-state index contributed by atoms with van der Waals surface area (Å²) in [5, 5.41) is 2.95. The smallest absolute Gasteiger partial charge is 0.225 e. The Morgan fingerprint density at radius 2 is 1.90 bits per heavy atom. The van der Waals surface area contributed by atoms with Crippen LogP contribution in [0.2, 0.25) is 0 Å². The predicted molar refractivity (Wildman–Crippen MR) is 117 cm³/mol. The first-order valence-electron chi connectivity index (χ1n) is 10.5. The molecule has 0 aliphatic carbocycles. The van der Waals surface area contributed by atoms with Crippen molar-refractivity contribution in [2.45, 2.75) is 26.3 Å². The first-order valence-corrected chi connectivity index (χ1v) is 10.5. The van der Waals surface area contributed by atoms with E-state index >= 15 is 0 Å². The third-order valence-corrected chi connectivity index (χ3v) is 5.38. The van der Waals surface area contributed by atoms with E-state index in [2.05, 4.69) is 5.32 Å². The Labute approximate surface area is 183 Å². The average molecular weight is 427 g/mol. The summed E-state index contributed by atoms with van der Waals surface area (Å²) in [6, 6.07) is 13.4. The van der Waals surface area contributed by atoms with E-state index in [1.54, 1.807) is 19.1 Å². The second-order valence-corrected chi connectivity index (χ2v) is 7.48. The van der Waals surface area contributed by atoms with E-state index < -0.39 is 0 Å². The van der Waals surface area contributed by atoms with Gasteiger partial charge >= 0.3 is 0 Å². The van der Waals surface area contributed by atoms with Crippen molar-refractivity contribution < 1.29 is 23.8 Å². The summed E-state index contributed by atoms with van der Waals surface area (Å²) >= 11 is 0. The van der Waals surface area contributed by atoms with Crippen LogP contribution in [-0.4, -0.2) is 50.6 Å². The van der Waals surface area contributed by atoms with Gasteiger partial charge in [0.15, 0.2) is 11.5 Å². The van der Waals surface area contributed by atoms with E-state index in [0.717, 1.165) is 16.9 Å². The fourth-order valence-electron chi connectivity index (χ4n) is 3.71. The summed E-state index contributed by atoms with van der Waals surface area (Å²) in [5.41, 5.74) is 2.02. The molecule has 2 amide bonds. The van der Waals surface area contributed by atoms with Gasteiger partial charge in [0.1, 0.15) is 5.75 Å². The molecular formula is C24H30N2O5. The molecule has 1 N–H and O–H groups in total. The molecule has 166 valence electrons. The van der Waals surface area contributed by atoms with E-state index in [-0.39, 0.29) is 24.2 Å². The average Bonchev–Trinajstić information content (AvgIpc) is 3.17. The summed E-state index contributed by atoms with van der Waals surface area (Å²) in [6.45, 7) is 3.95. The molecule has 0 aromatic heterocycles. The van der Waals surface area contributed by atoms with E-state index in [4.69, 9.17) is 14.2 Å². The monoisotopic (exact) mass is 426 g/mol. The largest absolute Gasteiger partial charge is 0.494 e. The Morgan fingerprint density at radius 1 is 1.10 bits per heavy atom. The molecule has 2 aromatic rings. The number of carbonyl (C=O) groups excluding carboxylic acids is 2. The van der Waals surface area contributed by atoms with Crippen LogP contribution >= 0.6 is 0 Å². The van der Waals surface area contributed by atoms with E-state index in [1.165, 1.54) is 0 Å². The molecule has 0 radical (unpaired) electrons. The van der Waals surface area contributed by atoms with Crippen molar-refractivity contribution in [3.8, 4) is 17.2 Å². The minimum absolute atomic E-state index is 0.0129. The first-order chi connectivity index (χ1) is 15.0. The Balaban J connectivity index is 1.50. The SMILES string of the molecule is CCOc1cccc(CNC(=O)C2CC(=O)N(CCc3ccc(OC)c(OC)c3)C2)c1. The van der Waals surface area contributed by atoms with Crippen LogP contribution in [0, 0.1) is 5.92 Å². The fourth-order valence-corrected chi connectivity index (χ4v) is 3.71. The van der Waals surface area contributed by atoms with Crippen LogP contribution in [0.4, 0.5) is 0 Å². The van der Waals surface area contributed by atoms with Crippen molar-refractivity contribution in [3.05, 3.63) is 53.6 Å². The zero-order valence-corrected chi connectivity index (χ0v) is 18.3. The zero-order valence-electron chi connectivity index (χ0n) is 18.3. The second kappa shape index (κ2) is 10.7. The highest BCUT2D eigenvalue weighted by Crippen LogP contribution is 2.28. The molecular weight excluding hydrogens is 396 g/mol. The molecule has 1 unspecified atom stereocenters. The Kier molecular flexibility index (Phi) is 7.76. The van der Waals surface area contributed by atoms with Crippen molar-refractivity contribution in [3.63, 3.8) is 0 Å². The number of amides is 2. The van der Waals surface area contributed by atoms with Gasteiger partial charge in [0.2, 0.25) is 11.8 Å². The molecule has 2 aromatic carbocycles. The van der Waals surface area contributed by atoms with Gasteiger partial charge in [-0.1, -0.05) is 18.2 Å².